The van der Waals surface area contributed by atoms with Crippen LogP contribution in [-0.4, -0.2) is 35.2 Å². The summed E-state index contributed by atoms with van der Waals surface area (Å²) in [6, 6.07) is 6.09. The maximum atomic E-state index is 12.0. The number of hydrogen-bond donors (Lipinski definition) is 2. The van der Waals surface area contributed by atoms with E-state index in [0.29, 0.717) is 0 Å². The molecule has 2 aromatic rings. The number of anilines is 1. The molecule has 106 valence electrons. The molecule has 0 spiro atoms. The molecule has 0 unspecified atom stereocenters. The van der Waals surface area contributed by atoms with Crippen LogP contribution in [0.3, 0.4) is 0 Å². The van der Waals surface area contributed by atoms with Gasteiger partial charge in [-0.15, -0.1) is 11.3 Å². The van der Waals surface area contributed by atoms with Crippen molar-refractivity contribution in [3.63, 3.8) is 0 Å². The first-order valence-electron chi connectivity index (χ1n) is 6.84. The highest BCUT2D eigenvalue weighted by molar-refractivity contribution is 7.12. The summed E-state index contributed by atoms with van der Waals surface area (Å²) in [5.74, 6) is 1.06. The van der Waals surface area contributed by atoms with Crippen LogP contribution in [0.25, 0.3) is 0 Å². The average molecular weight is 290 g/mol. The van der Waals surface area contributed by atoms with Crippen LogP contribution in [0.2, 0.25) is 0 Å². The Bertz CT molecular complexity index is 570. The van der Waals surface area contributed by atoms with Gasteiger partial charge in [0.25, 0.3) is 5.91 Å². The number of carbonyl (C=O) groups excluding carboxylic acids is 1. The summed E-state index contributed by atoms with van der Waals surface area (Å²) in [5, 5.41) is 12.3. The van der Waals surface area contributed by atoms with Gasteiger partial charge in [0.05, 0.1) is 4.88 Å². The van der Waals surface area contributed by atoms with Crippen molar-refractivity contribution in [2.75, 3.05) is 18.0 Å². The Kier molecular flexibility index (Phi) is 3.73. The van der Waals surface area contributed by atoms with Crippen molar-refractivity contribution in [2.24, 2.45) is 0 Å². The summed E-state index contributed by atoms with van der Waals surface area (Å²) >= 11 is 1.48. The predicted molar refractivity (Wildman–Crippen MR) is 80.3 cm³/mol. The fraction of sp³-hybridized carbons (Fsp3) is 0.429. The van der Waals surface area contributed by atoms with Crippen LogP contribution in [0.1, 0.15) is 28.2 Å². The van der Waals surface area contributed by atoms with E-state index in [1.54, 1.807) is 0 Å². The largest absolute Gasteiger partial charge is 0.355 e. The minimum absolute atomic E-state index is 0.0501. The Hall–Kier alpha value is -1.82. The Morgan fingerprint density at radius 2 is 2.30 bits per heavy atom. The van der Waals surface area contributed by atoms with E-state index in [0.717, 1.165) is 42.3 Å². The standard InChI is InChI=1S/C14H18N4OS/c1-10-9-13(17-16-10)18-6-4-11(5-7-18)15-14(19)12-3-2-8-20-12/h2-3,8-9,11H,4-7H2,1H3,(H,15,19)(H,16,17). The SMILES string of the molecule is Cc1cc(N2CCC(NC(=O)c3cccs3)CC2)n[nH]1. The number of piperidine rings is 1. The minimum Gasteiger partial charge on any atom is -0.355 e. The van der Waals surface area contributed by atoms with E-state index in [-0.39, 0.29) is 11.9 Å². The van der Waals surface area contributed by atoms with Crippen LogP contribution >= 0.6 is 11.3 Å². The number of rotatable bonds is 3. The van der Waals surface area contributed by atoms with E-state index >= 15 is 0 Å². The maximum Gasteiger partial charge on any atom is 0.261 e. The number of H-pyrrole nitrogens is 1. The molecule has 3 rings (SSSR count). The first-order chi connectivity index (χ1) is 9.72. The van der Waals surface area contributed by atoms with Crippen molar-refractivity contribution in [1.82, 2.24) is 15.5 Å². The molecule has 0 bridgehead atoms. The van der Waals surface area contributed by atoms with E-state index in [1.165, 1.54) is 11.3 Å². The molecule has 2 N–H and O–H groups in total. The summed E-state index contributed by atoms with van der Waals surface area (Å²) in [7, 11) is 0. The molecule has 1 saturated heterocycles. The van der Waals surface area contributed by atoms with Gasteiger partial charge in [0.2, 0.25) is 0 Å². The van der Waals surface area contributed by atoms with Gasteiger partial charge >= 0.3 is 0 Å². The number of carbonyl (C=O) groups is 1. The molecule has 5 nitrogen and oxygen atoms in total. The van der Waals surface area contributed by atoms with Crippen LogP contribution < -0.4 is 10.2 Å². The van der Waals surface area contributed by atoms with E-state index < -0.39 is 0 Å². The lowest BCUT2D eigenvalue weighted by Gasteiger charge is -2.32. The molecule has 1 aliphatic rings. The van der Waals surface area contributed by atoms with Crippen LogP contribution in [0.4, 0.5) is 5.82 Å². The summed E-state index contributed by atoms with van der Waals surface area (Å²) in [6.07, 6.45) is 1.92. The normalized spacial score (nSPS) is 16.4. The topological polar surface area (TPSA) is 61.0 Å². The number of nitrogens with one attached hydrogen (secondary N) is 2. The second-order valence-corrected chi connectivity index (χ2v) is 6.07. The second kappa shape index (κ2) is 5.66. The van der Waals surface area contributed by atoms with Crippen LogP contribution in [-0.2, 0) is 0 Å². The lowest BCUT2D eigenvalue weighted by atomic mass is 10.0. The van der Waals surface area contributed by atoms with Gasteiger partial charge in [-0.05, 0) is 31.2 Å². The molecule has 1 fully saturated rings. The third kappa shape index (κ3) is 2.85. The van der Waals surface area contributed by atoms with Crippen LogP contribution in [0.5, 0.6) is 0 Å². The number of thiophene rings is 1. The van der Waals surface area contributed by atoms with Gasteiger partial charge in [-0.2, -0.15) is 5.10 Å². The van der Waals surface area contributed by atoms with Gasteiger partial charge in [-0.3, -0.25) is 9.89 Å². The van der Waals surface area contributed by atoms with Crippen LogP contribution in [0.15, 0.2) is 23.6 Å². The fourth-order valence-electron chi connectivity index (χ4n) is 2.48. The zero-order valence-electron chi connectivity index (χ0n) is 11.4. The maximum absolute atomic E-state index is 12.0. The van der Waals surface area contributed by atoms with E-state index in [2.05, 4.69) is 26.5 Å². The number of aromatic amines is 1. The summed E-state index contributed by atoms with van der Waals surface area (Å²) in [4.78, 5) is 15.0. The Morgan fingerprint density at radius 1 is 1.50 bits per heavy atom. The third-order valence-electron chi connectivity index (χ3n) is 3.59. The van der Waals surface area contributed by atoms with Gasteiger partial charge < -0.3 is 10.2 Å². The molecule has 0 atom stereocenters. The van der Waals surface area contributed by atoms with Crippen molar-refractivity contribution in [3.8, 4) is 0 Å². The van der Waals surface area contributed by atoms with Gasteiger partial charge in [0, 0.05) is 30.9 Å². The smallest absolute Gasteiger partial charge is 0.261 e. The molecular weight excluding hydrogens is 272 g/mol. The van der Waals surface area contributed by atoms with E-state index in [1.807, 2.05) is 24.4 Å². The molecule has 2 aromatic heterocycles. The average Bonchev–Trinajstić information content (AvgIpc) is 3.10. The van der Waals surface area contributed by atoms with Crippen molar-refractivity contribution >= 4 is 23.1 Å². The third-order valence-corrected chi connectivity index (χ3v) is 4.46. The highest BCUT2D eigenvalue weighted by Crippen LogP contribution is 2.19. The van der Waals surface area contributed by atoms with E-state index in [4.69, 9.17) is 0 Å². The van der Waals surface area contributed by atoms with Crippen molar-refractivity contribution in [3.05, 3.63) is 34.2 Å². The van der Waals surface area contributed by atoms with Crippen molar-refractivity contribution in [2.45, 2.75) is 25.8 Å². The fourth-order valence-corrected chi connectivity index (χ4v) is 3.11. The highest BCUT2D eigenvalue weighted by atomic mass is 32.1. The lowest BCUT2D eigenvalue weighted by molar-refractivity contribution is 0.0935. The van der Waals surface area contributed by atoms with Gasteiger partial charge in [-0.25, -0.2) is 0 Å². The first-order valence-corrected chi connectivity index (χ1v) is 7.71. The molecule has 6 heteroatoms. The summed E-state index contributed by atoms with van der Waals surface area (Å²) < 4.78 is 0. The first kappa shape index (κ1) is 13.2. The number of nitrogens with zero attached hydrogens (tertiary/aromatic N) is 2. The monoisotopic (exact) mass is 290 g/mol. The number of hydrogen-bond acceptors (Lipinski definition) is 4. The molecule has 20 heavy (non-hydrogen) atoms. The quantitative estimate of drug-likeness (QED) is 0.911. The van der Waals surface area contributed by atoms with Gasteiger partial charge in [0.15, 0.2) is 5.82 Å². The van der Waals surface area contributed by atoms with Crippen molar-refractivity contribution < 1.29 is 4.79 Å². The Morgan fingerprint density at radius 3 is 2.90 bits per heavy atom. The summed E-state index contributed by atoms with van der Waals surface area (Å²) in [5.41, 5.74) is 1.08. The van der Waals surface area contributed by atoms with E-state index in [9.17, 15) is 4.79 Å². The molecule has 0 aromatic carbocycles. The second-order valence-electron chi connectivity index (χ2n) is 5.12. The van der Waals surface area contributed by atoms with Gasteiger partial charge in [0.1, 0.15) is 0 Å². The zero-order chi connectivity index (χ0) is 13.9. The molecule has 0 radical (unpaired) electrons. The zero-order valence-corrected chi connectivity index (χ0v) is 12.2. The number of amides is 1. The molecule has 0 aliphatic carbocycles. The number of aromatic nitrogens is 2. The Balaban J connectivity index is 1.52. The molecular formula is C14H18N4OS. The lowest BCUT2D eigenvalue weighted by Crippen LogP contribution is -2.44. The minimum atomic E-state index is 0.0501. The molecule has 0 saturated carbocycles. The van der Waals surface area contributed by atoms with Crippen molar-refractivity contribution in [1.29, 1.82) is 0 Å². The molecule has 3 heterocycles. The van der Waals surface area contributed by atoms with Gasteiger partial charge in [-0.1, -0.05) is 6.07 Å². The number of aryl methyl sites for hydroxylation is 1. The highest BCUT2D eigenvalue weighted by Gasteiger charge is 2.22. The summed E-state index contributed by atoms with van der Waals surface area (Å²) in [6.45, 7) is 3.86. The predicted octanol–water partition coefficient (Wildman–Crippen LogP) is 2.18. The Labute approximate surface area is 122 Å². The molecule has 1 aliphatic heterocycles. The van der Waals surface area contributed by atoms with Crippen LogP contribution in [0, 0.1) is 6.92 Å². The molecule has 1 amide bonds.